The van der Waals surface area contributed by atoms with E-state index in [0.29, 0.717) is 16.7 Å². The Labute approximate surface area is 62.6 Å². The van der Waals surface area contributed by atoms with Crippen LogP contribution in [0.1, 0.15) is 20.8 Å². The maximum atomic E-state index is 2.34. The van der Waals surface area contributed by atoms with E-state index in [0.717, 1.165) is 0 Å². The van der Waals surface area contributed by atoms with Crippen LogP contribution in [0.4, 0.5) is 0 Å². The molecule has 2 aliphatic carbocycles. The minimum absolute atomic E-state index is 0.345. The smallest absolute Gasteiger partial charge is 0.00928 e. The van der Waals surface area contributed by atoms with Crippen LogP contribution in [0, 0.1) is 16.7 Å². The zero-order chi connectivity index (χ0) is 7.41. The zero-order valence-corrected chi connectivity index (χ0v) is 6.89. The third-order valence-electron chi connectivity index (χ3n) is 3.52. The SMILES string of the molecule is CC12C=CC(C=C1)C2(C)C. The first-order chi connectivity index (χ1) is 4.56. The summed E-state index contributed by atoms with van der Waals surface area (Å²) in [5, 5.41) is 0. The molecule has 0 heterocycles. The fraction of sp³-hybridized carbons (Fsp3) is 0.600. The second-order valence-electron chi connectivity index (χ2n) is 4.25. The normalized spacial score (nSPS) is 46.9. The first-order valence-electron chi connectivity index (χ1n) is 3.95. The van der Waals surface area contributed by atoms with Gasteiger partial charge in [-0.3, -0.25) is 0 Å². The molecule has 0 radical (unpaired) electrons. The summed E-state index contributed by atoms with van der Waals surface area (Å²) < 4.78 is 0. The number of fused-ring (bicyclic) bond motifs is 2. The lowest BCUT2D eigenvalue weighted by Gasteiger charge is -2.33. The van der Waals surface area contributed by atoms with Crippen molar-refractivity contribution < 1.29 is 0 Å². The summed E-state index contributed by atoms with van der Waals surface area (Å²) in [6.45, 7) is 7.00. The molecule has 0 unspecified atom stereocenters. The van der Waals surface area contributed by atoms with Crippen molar-refractivity contribution in [2.24, 2.45) is 16.7 Å². The van der Waals surface area contributed by atoms with Gasteiger partial charge >= 0.3 is 0 Å². The second-order valence-corrected chi connectivity index (χ2v) is 4.25. The molecule has 0 saturated heterocycles. The summed E-state index contributed by atoms with van der Waals surface area (Å²) in [5.74, 6) is 0.692. The van der Waals surface area contributed by atoms with Crippen molar-refractivity contribution in [3.05, 3.63) is 24.3 Å². The Balaban J connectivity index is 2.51. The van der Waals surface area contributed by atoms with Crippen molar-refractivity contribution >= 4 is 0 Å². The standard InChI is InChI=1S/C10H14/c1-9(2)8-4-6-10(9,3)7-5-8/h4-8H,1-3H3. The van der Waals surface area contributed by atoms with Crippen molar-refractivity contribution in [1.29, 1.82) is 0 Å². The molecule has 0 atom stereocenters. The molecule has 0 spiro atoms. The van der Waals surface area contributed by atoms with E-state index in [1.54, 1.807) is 0 Å². The Morgan fingerprint density at radius 1 is 1.00 bits per heavy atom. The first-order valence-corrected chi connectivity index (χ1v) is 3.95. The van der Waals surface area contributed by atoms with Crippen molar-refractivity contribution in [2.75, 3.05) is 0 Å². The number of rotatable bonds is 0. The van der Waals surface area contributed by atoms with Crippen LogP contribution in [-0.2, 0) is 0 Å². The van der Waals surface area contributed by atoms with Crippen LogP contribution in [0.5, 0.6) is 0 Å². The van der Waals surface area contributed by atoms with Gasteiger partial charge in [0.15, 0.2) is 0 Å². The van der Waals surface area contributed by atoms with Crippen LogP contribution in [0.3, 0.4) is 0 Å². The van der Waals surface area contributed by atoms with Gasteiger partial charge in [-0.05, 0) is 5.41 Å². The summed E-state index contributed by atoms with van der Waals surface area (Å²) >= 11 is 0. The maximum Gasteiger partial charge on any atom is 0.00928 e. The van der Waals surface area contributed by atoms with Gasteiger partial charge in [-0.25, -0.2) is 0 Å². The Hall–Kier alpha value is -0.520. The number of hydrogen-bond acceptors (Lipinski definition) is 0. The minimum atomic E-state index is 0.345. The van der Waals surface area contributed by atoms with Gasteiger partial charge in [-0.1, -0.05) is 45.1 Å². The Bertz CT molecular complexity index is 204. The predicted molar refractivity (Wildman–Crippen MR) is 43.7 cm³/mol. The fourth-order valence-electron chi connectivity index (χ4n) is 2.00. The van der Waals surface area contributed by atoms with Crippen LogP contribution < -0.4 is 0 Å². The minimum Gasteiger partial charge on any atom is -0.0802 e. The number of hydrogen-bond donors (Lipinski definition) is 0. The van der Waals surface area contributed by atoms with Crippen molar-refractivity contribution in [3.63, 3.8) is 0 Å². The molecule has 0 heteroatoms. The highest BCUT2D eigenvalue weighted by Crippen LogP contribution is 2.57. The third kappa shape index (κ3) is 0.448. The van der Waals surface area contributed by atoms with E-state index in [-0.39, 0.29) is 0 Å². The monoisotopic (exact) mass is 134 g/mol. The highest BCUT2D eigenvalue weighted by Gasteiger charge is 2.49. The highest BCUT2D eigenvalue weighted by atomic mass is 14.5. The van der Waals surface area contributed by atoms with Crippen molar-refractivity contribution in [1.82, 2.24) is 0 Å². The molecule has 2 rings (SSSR count). The van der Waals surface area contributed by atoms with Crippen molar-refractivity contribution in [2.45, 2.75) is 20.8 Å². The molecule has 10 heavy (non-hydrogen) atoms. The van der Waals surface area contributed by atoms with Crippen LogP contribution in [0.25, 0.3) is 0 Å². The van der Waals surface area contributed by atoms with Gasteiger partial charge in [0.1, 0.15) is 0 Å². The van der Waals surface area contributed by atoms with Gasteiger partial charge in [0.25, 0.3) is 0 Å². The molecule has 0 N–H and O–H groups in total. The molecule has 0 aromatic rings. The maximum absolute atomic E-state index is 2.34. The van der Waals surface area contributed by atoms with E-state index in [9.17, 15) is 0 Å². The molecule has 0 nitrogen and oxygen atoms in total. The van der Waals surface area contributed by atoms with Crippen LogP contribution in [0.2, 0.25) is 0 Å². The molecule has 2 bridgehead atoms. The molecule has 0 amide bonds. The average molecular weight is 134 g/mol. The highest BCUT2D eigenvalue weighted by molar-refractivity contribution is 5.34. The summed E-state index contributed by atoms with van der Waals surface area (Å²) in [6, 6.07) is 0. The van der Waals surface area contributed by atoms with Gasteiger partial charge in [0, 0.05) is 11.3 Å². The lowest BCUT2D eigenvalue weighted by atomic mass is 9.70. The molecular weight excluding hydrogens is 120 g/mol. The number of allylic oxidation sites excluding steroid dienone is 4. The third-order valence-corrected chi connectivity index (χ3v) is 3.52. The van der Waals surface area contributed by atoms with E-state index >= 15 is 0 Å². The van der Waals surface area contributed by atoms with Crippen LogP contribution >= 0.6 is 0 Å². The lowest BCUT2D eigenvalue weighted by molar-refractivity contribution is 0.207. The average Bonchev–Trinajstić information content (AvgIpc) is 2.18. The van der Waals surface area contributed by atoms with E-state index < -0.39 is 0 Å². The molecule has 54 valence electrons. The van der Waals surface area contributed by atoms with E-state index in [4.69, 9.17) is 0 Å². The fourth-order valence-corrected chi connectivity index (χ4v) is 2.00. The largest absolute Gasteiger partial charge is 0.0802 e. The summed E-state index contributed by atoms with van der Waals surface area (Å²) in [5.41, 5.74) is 0.782. The second kappa shape index (κ2) is 1.39. The Kier molecular flexibility index (Phi) is 0.862. The van der Waals surface area contributed by atoms with Gasteiger partial charge in [0.05, 0.1) is 0 Å². The summed E-state index contributed by atoms with van der Waals surface area (Å²) in [7, 11) is 0. The van der Waals surface area contributed by atoms with Gasteiger partial charge < -0.3 is 0 Å². The predicted octanol–water partition coefficient (Wildman–Crippen LogP) is 2.77. The quantitative estimate of drug-likeness (QED) is 0.447. The first kappa shape index (κ1) is 6.21. The Morgan fingerprint density at radius 3 is 1.60 bits per heavy atom. The Morgan fingerprint density at radius 2 is 1.50 bits per heavy atom. The molecule has 0 saturated carbocycles. The van der Waals surface area contributed by atoms with Gasteiger partial charge in [-0.2, -0.15) is 0 Å². The topological polar surface area (TPSA) is 0 Å². The summed E-state index contributed by atoms with van der Waals surface area (Å²) in [6.07, 6.45) is 9.36. The molecule has 2 aliphatic rings. The molecule has 0 fully saturated rings. The van der Waals surface area contributed by atoms with E-state index in [1.807, 2.05) is 0 Å². The molecule has 0 aliphatic heterocycles. The zero-order valence-electron chi connectivity index (χ0n) is 6.89. The van der Waals surface area contributed by atoms with Crippen LogP contribution in [0.15, 0.2) is 24.3 Å². The summed E-state index contributed by atoms with van der Waals surface area (Å²) in [4.78, 5) is 0. The van der Waals surface area contributed by atoms with Gasteiger partial charge in [0.2, 0.25) is 0 Å². The molecule has 0 aromatic heterocycles. The van der Waals surface area contributed by atoms with E-state index in [1.165, 1.54) is 0 Å². The van der Waals surface area contributed by atoms with Crippen LogP contribution in [-0.4, -0.2) is 0 Å². The van der Waals surface area contributed by atoms with E-state index in [2.05, 4.69) is 45.1 Å². The molecule has 0 aromatic carbocycles. The van der Waals surface area contributed by atoms with Gasteiger partial charge in [-0.15, -0.1) is 0 Å². The lowest BCUT2D eigenvalue weighted by Crippen LogP contribution is -2.27. The van der Waals surface area contributed by atoms with Crippen molar-refractivity contribution in [3.8, 4) is 0 Å². The molecular formula is C10H14.